The third-order valence-corrected chi connectivity index (χ3v) is 3.22. The number of hydrogen-bond acceptors (Lipinski definition) is 2. The molecule has 1 aromatic rings. The summed E-state index contributed by atoms with van der Waals surface area (Å²) < 4.78 is 19.5. The first-order valence-corrected chi connectivity index (χ1v) is 7.34. The number of halogens is 1. The molecule has 0 saturated heterocycles. The Balaban J connectivity index is 2.47. The molecule has 1 N–H and O–H groups in total. The molecule has 0 aromatic heterocycles. The maximum absolute atomic E-state index is 13.9. The molecular formula is C16H26FNO. The van der Waals surface area contributed by atoms with Crippen molar-refractivity contribution in [1.82, 2.24) is 5.32 Å². The van der Waals surface area contributed by atoms with E-state index in [2.05, 4.69) is 12.2 Å². The van der Waals surface area contributed by atoms with Crippen LogP contribution in [0.3, 0.4) is 0 Å². The van der Waals surface area contributed by atoms with Crippen LogP contribution in [0.5, 0.6) is 5.75 Å². The Hall–Kier alpha value is -1.09. The van der Waals surface area contributed by atoms with Gasteiger partial charge in [0, 0.05) is 17.7 Å². The molecule has 0 amide bonds. The molecule has 0 fully saturated rings. The van der Waals surface area contributed by atoms with E-state index in [9.17, 15) is 4.39 Å². The largest absolute Gasteiger partial charge is 0.493 e. The van der Waals surface area contributed by atoms with Crippen molar-refractivity contribution in [3.05, 3.63) is 29.6 Å². The molecule has 2 nitrogen and oxygen atoms in total. The fourth-order valence-electron chi connectivity index (χ4n) is 2.08. The molecule has 0 heterocycles. The molecular weight excluding hydrogens is 241 g/mol. The zero-order valence-electron chi connectivity index (χ0n) is 12.3. The fourth-order valence-corrected chi connectivity index (χ4v) is 2.08. The van der Waals surface area contributed by atoms with Crippen LogP contribution in [0.15, 0.2) is 18.2 Å². The van der Waals surface area contributed by atoms with E-state index in [1.807, 2.05) is 26.0 Å². The van der Waals surface area contributed by atoms with E-state index in [1.54, 1.807) is 0 Å². The van der Waals surface area contributed by atoms with E-state index in [0.29, 0.717) is 17.9 Å². The smallest absolute Gasteiger partial charge is 0.131 e. The zero-order valence-corrected chi connectivity index (χ0v) is 12.3. The molecule has 3 heteroatoms. The number of rotatable bonds is 9. The van der Waals surface area contributed by atoms with Crippen LogP contribution in [0.4, 0.5) is 4.39 Å². The lowest BCUT2D eigenvalue weighted by atomic mass is 10.1. The van der Waals surface area contributed by atoms with Crippen LogP contribution in [0, 0.1) is 5.82 Å². The van der Waals surface area contributed by atoms with Crippen LogP contribution in [0.2, 0.25) is 0 Å². The first-order valence-electron chi connectivity index (χ1n) is 7.34. The summed E-state index contributed by atoms with van der Waals surface area (Å²) >= 11 is 0. The van der Waals surface area contributed by atoms with E-state index < -0.39 is 0 Å². The van der Waals surface area contributed by atoms with Crippen molar-refractivity contribution in [2.75, 3.05) is 13.2 Å². The first kappa shape index (κ1) is 16.0. The molecule has 19 heavy (non-hydrogen) atoms. The van der Waals surface area contributed by atoms with Gasteiger partial charge < -0.3 is 10.1 Å². The Morgan fingerprint density at radius 1 is 1.21 bits per heavy atom. The molecule has 0 aliphatic carbocycles. The van der Waals surface area contributed by atoms with Gasteiger partial charge in [0.1, 0.15) is 11.6 Å². The molecule has 1 rings (SSSR count). The highest BCUT2D eigenvalue weighted by molar-refractivity contribution is 5.30. The minimum atomic E-state index is -0.195. The number of nitrogens with one attached hydrogen (secondary N) is 1. The lowest BCUT2D eigenvalue weighted by Gasteiger charge is -2.14. The first-order chi connectivity index (χ1) is 9.19. The van der Waals surface area contributed by atoms with Crippen molar-refractivity contribution in [2.24, 2.45) is 0 Å². The molecule has 1 unspecified atom stereocenters. The second-order valence-corrected chi connectivity index (χ2v) is 4.87. The maximum Gasteiger partial charge on any atom is 0.131 e. The van der Waals surface area contributed by atoms with Gasteiger partial charge in [-0.25, -0.2) is 4.39 Å². The van der Waals surface area contributed by atoms with Gasteiger partial charge >= 0.3 is 0 Å². The van der Waals surface area contributed by atoms with Gasteiger partial charge in [0.05, 0.1) is 6.61 Å². The highest BCUT2D eigenvalue weighted by Crippen LogP contribution is 2.22. The topological polar surface area (TPSA) is 21.3 Å². The average Bonchev–Trinajstić information content (AvgIpc) is 2.39. The third kappa shape index (κ3) is 5.60. The average molecular weight is 267 g/mol. The monoisotopic (exact) mass is 267 g/mol. The van der Waals surface area contributed by atoms with Gasteiger partial charge in [0.25, 0.3) is 0 Å². The van der Waals surface area contributed by atoms with Crippen LogP contribution in [0.25, 0.3) is 0 Å². The van der Waals surface area contributed by atoms with E-state index >= 15 is 0 Å². The summed E-state index contributed by atoms with van der Waals surface area (Å²) in [5.41, 5.74) is 0.695. The fraction of sp³-hybridized carbons (Fsp3) is 0.625. The number of ether oxygens (including phenoxy) is 1. The van der Waals surface area contributed by atoms with E-state index in [0.717, 1.165) is 13.0 Å². The minimum absolute atomic E-state index is 0.0311. The normalized spacial score (nSPS) is 12.4. The number of hydrogen-bond donors (Lipinski definition) is 1. The molecule has 1 atom stereocenters. The number of benzene rings is 1. The standard InChI is InChI=1S/C16H26FNO/c1-4-6-7-8-11-19-14-9-10-15(16(17)12-14)13(3)18-5-2/h9-10,12-13,18H,4-8,11H2,1-3H3. The Morgan fingerprint density at radius 3 is 2.63 bits per heavy atom. The second-order valence-electron chi connectivity index (χ2n) is 4.87. The van der Waals surface area contributed by atoms with Crippen molar-refractivity contribution >= 4 is 0 Å². The predicted octanol–water partition coefficient (Wildman–Crippen LogP) is 4.46. The van der Waals surface area contributed by atoms with Crippen LogP contribution >= 0.6 is 0 Å². The van der Waals surface area contributed by atoms with Crippen LogP contribution < -0.4 is 10.1 Å². The van der Waals surface area contributed by atoms with Crippen molar-refractivity contribution in [3.63, 3.8) is 0 Å². The molecule has 1 aromatic carbocycles. The van der Waals surface area contributed by atoms with Gasteiger partial charge in [-0.1, -0.05) is 39.2 Å². The van der Waals surface area contributed by atoms with Gasteiger partial charge in [-0.3, -0.25) is 0 Å². The number of unbranched alkanes of at least 4 members (excludes halogenated alkanes) is 3. The Bertz CT molecular complexity index is 368. The highest BCUT2D eigenvalue weighted by atomic mass is 19.1. The molecule has 0 bridgehead atoms. The maximum atomic E-state index is 13.9. The van der Waals surface area contributed by atoms with Crippen LogP contribution in [-0.4, -0.2) is 13.2 Å². The summed E-state index contributed by atoms with van der Waals surface area (Å²) in [5.74, 6) is 0.431. The lowest BCUT2D eigenvalue weighted by molar-refractivity contribution is 0.303. The third-order valence-electron chi connectivity index (χ3n) is 3.22. The summed E-state index contributed by atoms with van der Waals surface area (Å²) in [6.45, 7) is 7.66. The van der Waals surface area contributed by atoms with Crippen molar-refractivity contribution in [3.8, 4) is 5.75 Å². The van der Waals surface area contributed by atoms with E-state index in [1.165, 1.54) is 25.3 Å². The quantitative estimate of drug-likeness (QED) is 0.667. The van der Waals surface area contributed by atoms with Crippen LogP contribution in [-0.2, 0) is 0 Å². The van der Waals surface area contributed by atoms with Crippen molar-refractivity contribution in [1.29, 1.82) is 0 Å². The van der Waals surface area contributed by atoms with Crippen LogP contribution in [0.1, 0.15) is 58.1 Å². The Kier molecular flexibility index (Phi) is 7.49. The van der Waals surface area contributed by atoms with Crippen molar-refractivity contribution in [2.45, 2.75) is 52.5 Å². The van der Waals surface area contributed by atoms with Gasteiger partial charge in [0.15, 0.2) is 0 Å². The summed E-state index contributed by atoms with van der Waals surface area (Å²) in [5, 5.41) is 3.21. The van der Waals surface area contributed by atoms with Gasteiger partial charge in [0.2, 0.25) is 0 Å². The minimum Gasteiger partial charge on any atom is -0.493 e. The zero-order chi connectivity index (χ0) is 14.1. The molecule has 0 aliphatic heterocycles. The Labute approximate surface area is 116 Å². The summed E-state index contributed by atoms with van der Waals surface area (Å²) in [6.07, 6.45) is 4.65. The molecule has 0 radical (unpaired) electrons. The lowest BCUT2D eigenvalue weighted by Crippen LogP contribution is -2.18. The molecule has 0 spiro atoms. The van der Waals surface area contributed by atoms with Gasteiger partial charge in [-0.15, -0.1) is 0 Å². The second kappa shape index (κ2) is 8.92. The Morgan fingerprint density at radius 2 is 2.00 bits per heavy atom. The summed E-state index contributed by atoms with van der Waals surface area (Å²) in [7, 11) is 0. The molecule has 0 saturated carbocycles. The van der Waals surface area contributed by atoms with Gasteiger partial charge in [-0.05, 0) is 26.0 Å². The summed E-state index contributed by atoms with van der Waals surface area (Å²) in [6, 6.07) is 5.18. The highest BCUT2D eigenvalue weighted by Gasteiger charge is 2.10. The summed E-state index contributed by atoms with van der Waals surface area (Å²) in [4.78, 5) is 0. The SMILES string of the molecule is CCCCCCOc1ccc(C(C)NCC)c(F)c1. The molecule has 108 valence electrons. The predicted molar refractivity (Wildman–Crippen MR) is 78.1 cm³/mol. The molecule has 0 aliphatic rings. The van der Waals surface area contributed by atoms with Crippen molar-refractivity contribution < 1.29 is 9.13 Å². The van der Waals surface area contributed by atoms with E-state index in [-0.39, 0.29) is 11.9 Å². The van der Waals surface area contributed by atoms with Gasteiger partial charge in [-0.2, -0.15) is 0 Å². The van der Waals surface area contributed by atoms with E-state index in [4.69, 9.17) is 4.74 Å².